The number of carbonyl (C=O) groups excluding carboxylic acids is 1. The number of amides is 1. The molecule has 5 nitrogen and oxygen atoms in total. The van der Waals surface area contributed by atoms with Gasteiger partial charge < -0.3 is 20.1 Å². The van der Waals surface area contributed by atoms with Gasteiger partial charge in [0, 0.05) is 12.1 Å². The molecule has 0 aromatic heterocycles. The van der Waals surface area contributed by atoms with Crippen molar-refractivity contribution in [2.24, 2.45) is 5.73 Å². The SMILES string of the molecule is COc1ccccc1C(N)CN1CCOC1=O. The van der Waals surface area contributed by atoms with Crippen LogP contribution >= 0.6 is 0 Å². The fraction of sp³-hybridized carbons (Fsp3) is 0.417. The molecular formula is C12H16N2O3. The highest BCUT2D eigenvalue weighted by Gasteiger charge is 2.25. The van der Waals surface area contributed by atoms with Crippen molar-refractivity contribution in [1.29, 1.82) is 0 Å². The van der Waals surface area contributed by atoms with E-state index >= 15 is 0 Å². The third kappa shape index (κ3) is 2.50. The molecule has 0 spiro atoms. The number of hydrogen-bond acceptors (Lipinski definition) is 4. The maximum Gasteiger partial charge on any atom is 0.410 e. The predicted molar refractivity (Wildman–Crippen MR) is 62.8 cm³/mol. The molecule has 92 valence electrons. The first-order valence-electron chi connectivity index (χ1n) is 5.52. The molecule has 1 heterocycles. The van der Waals surface area contributed by atoms with Crippen LogP contribution in [0.4, 0.5) is 4.79 Å². The van der Waals surface area contributed by atoms with Crippen molar-refractivity contribution >= 4 is 6.09 Å². The Morgan fingerprint density at radius 2 is 2.29 bits per heavy atom. The number of rotatable bonds is 4. The molecule has 1 amide bonds. The lowest BCUT2D eigenvalue weighted by Crippen LogP contribution is -2.33. The molecule has 2 rings (SSSR count). The van der Waals surface area contributed by atoms with Gasteiger partial charge in [0.2, 0.25) is 0 Å². The minimum atomic E-state index is -0.296. The normalized spacial score (nSPS) is 16.8. The summed E-state index contributed by atoms with van der Waals surface area (Å²) < 4.78 is 10.1. The second-order valence-corrected chi connectivity index (χ2v) is 3.91. The monoisotopic (exact) mass is 236 g/mol. The van der Waals surface area contributed by atoms with Crippen LogP contribution in [0.25, 0.3) is 0 Å². The number of nitrogens with two attached hydrogens (primary N) is 1. The predicted octanol–water partition coefficient (Wildman–Crippen LogP) is 1.15. The summed E-state index contributed by atoms with van der Waals surface area (Å²) in [5, 5.41) is 0. The number of cyclic esters (lactones) is 1. The van der Waals surface area contributed by atoms with Crippen molar-refractivity contribution in [3.05, 3.63) is 29.8 Å². The first-order chi connectivity index (χ1) is 8.22. The average Bonchev–Trinajstić information content (AvgIpc) is 2.75. The molecule has 0 radical (unpaired) electrons. The molecule has 17 heavy (non-hydrogen) atoms. The van der Waals surface area contributed by atoms with Crippen LogP contribution < -0.4 is 10.5 Å². The molecule has 1 aromatic rings. The average molecular weight is 236 g/mol. The Morgan fingerprint density at radius 3 is 2.94 bits per heavy atom. The van der Waals surface area contributed by atoms with E-state index in [0.29, 0.717) is 19.7 Å². The fourth-order valence-corrected chi connectivity index (χ4v) is 1.90. The number of ether oxygens (including phenoxy) is 2. The molecule has 1 aliphatic heterocycles. The van der Waals surface area contributed by atoms with Crippen LogP contribution in [-0.2, 0) is 4.74 Å². The molecule has 1 saturated heterocycles. The van der Waals surface area contributed by atoms with Crippen LogP contribution in [0.5, 0.6) is 5.75 Å². The molecular weight excluding hydrogens is 220 g/mol. The summed E-state index contributed by atoms with van der Waals surface area (Å²) in [7, 11) is 1.61. The largest absolute Gasteiger partial charge is 0.496 e. The van der Waals surface area contributed by atoms with Crippen molar-refractivity contribution in [2.75, 3.05) is 26.8 Å². The van der Waals surface area contributed by atoms with Crippen LogP contribution in [0.1, 0.15) is 11.6 Å². The number of hydrogen-bond donors (Lipinski definition) is 1. The van der Waals surface area contributed by atoms with E-state index in [0.717, 1.165) is 11.3 Å². The van der Waals surface area contributed by atoms with E-state index in [2.05, 4.69) is 0 Å². The Hall–Kier alpha value is -1.75. The first-order valence-corrected chi connectivity index (χ1v) is 5.52. The Morgan fingerprint density at radius 1 is 1.53 bits per heavy atom. The van der Waals surface area contributed by atoms with Gasteiger partial charge in [0.05, 0.1) is 19.7 Å². The maximum absolute atomic E-state index is 11.3. The van der Waals surface area contributed by atoms with E-state index in [9.17, 15) is 4.79 Å². The molecule has 1 fully saturated rings. The standard InChI is InChI=1S/C12H16N2O3/c1-16-11-5-3-2-4-9(11)10(13)8-14-6-7-17-12(14)15/h2-5,10H,6-8,13H2,1H3. The molecule has 2 N–H and O–H groups in total. The molecule has 5 heteroatoms. The molecule has 1 unspecified atom stereocenters. The third-order valence-corrected chi connectivity index (χ3v) is 2.80. The van der Waals surface area contributed by atoms with Gasteiger partial charge in [-0.05, 0) is 6.07 Å². The quantitative estimate of drug-likeness (QED) is 0.851. The molecule has 1 aromatic carbocycles. The summed E-state index contributed by atoms with van der Waals surface area (Å²) in [6, 6.07) is 7.29. The van der Waals surface area contributed by atoms with Gasteiger partial charge in [0.25, 0.3) is 0 Å². The summed E-state index contributed by atoms with van der Waals surface area (Å²) in [5.74, 6) is 0.743. The molecule has 1 aliphatic rings. The van der Waals surface area contributed by atoms with Crippen LogP contribution in [0.3, 0.4) is 0 Å². The lowest BCUT2D eigenvalue weighted by Gasteiger charge is -2.20. The van der Waals surface area contributed by atoms with E-state index < -0.39 is 0 Å². The second kappa shape index (κ2) is 5.05. The van der Waals surface area contributed by atoms with E-state index in [1.54, 1.807) is 12.0 Å². The summed E-state index contributed by atoms with van der Waals surface area (Å²) in [4.78, 5) is 12.9. The number of nitrogens with zero attached hydrogens (tertiary/aromatic N) is 1. The molecule has 0 bridgehead atoms. The Labute approximate surface area is 100 Å². The van der Waals surface area contributed by atoms with Gasteiger partial charge in [-0.3, -0.25) is 0 Å². The maximum atomic E-state index is 11.3. The number of carbonyl (C=O) groups is 1. The lowest BCUT2D eigenvalue weighted by atomic mass is 10.1. The van der Waals surface area contributed by atoms with Gasteiger partial charge >= 0.3 is 6.09 Å². The summed E-state index contributed by atoms with van der Waals surface area (Å²) in [6.45, 7) is 1.48. The van der Waals surface area contributed by atoms with E-state index in [1.807, 2.05) is 24.3 Å². The minimum Gasteiger partial charge on any atom is -0.496 e. The first kappa shape index (κ1) is 11.7. The highest BCUT2D eigenvalue weighted by atomic mass is 16.6. The van der Waals surface area contributed by atoms with Crippen molar-refractivity contribution in [2.45, 2.75) is 6.04 Å². The fourth-order valence-electron chi connectivity index (χ4n) is 1.90. The number of methoxy groups -OCH3 is 1. The van der Waals surface area contributed by atoms with E-state index in [1.165, 1.54) is 0 Å². The van der Waals surface area contributed by atoms with Gasteiger partial charge in [-0.25, -0.2) is 4.79 Å². The van der Waals surface area contributed by atoms with Gasteiger partial charge in [-0.2, -0.15) is 0 Å². The Kier molecular flexibility index (Phi) is 3.49. The minimum absolute atomic E-state index is 0.267. The van der Waals surface area contributed by atoms with E-state index in [4.69, 9.17) is 15.2 Å². The molecule has 1 atom stereocenters. The van der Waals surface area contributed by atoms with Crippen molar-refractivity contribution in [1.82, 2.24) is 4.90 Å². The summed E-state index contributed by atoms with van der Waals surface area (Å²) in [6.07, 6.45) is -0.296. The molecule has 0 aliphatic carbocycles. The van der Waals surface area contributed by atoms with Crippen LogP contribution in [0.15, 0.2) is 24.3 Å². The summed E-state index contributed by atoms with van der Waals surface area (Å²) in [5.41, 5.74) is 6.98. The smallest absolute Gasteiger partial charge is 0.410 e. The van der Waals surface area contributed by atoms with Gasteiger partial charge in [0.15, 0.2) is 0 Å². The van der Waals surface area contributed by atoms with Gasteiger partial charge in [0.1, 0.15) is 12.4 Å². The number of para-hydroxylation sites is 1. The van der Waals surface area contributed by atoms with Crippen molar-refractivity contribution in [3.8, 4) is 5.75 Å². The van der Waals surface area contributed by atoms with Crippen molar-refractivity contribution < 1.29 is 14.3 Å². The van der Waals surface area contributed by atoms with Crippen LogP contribution in [-0.4, -0.2) is 37.8 Å². The third-order valence-electron chi connectivity index (χ3n) is 2.80. The highest BCUT2D eigenvalue weighted by molar-refractivity contribution is 5.69. The van der Waals surface area contributed by atoms with Gasteiger partial charge in [-0.15, -0.1) is 0 Å². The zero-order valence-corrected chi connectivity index (χ0v) is 9.76. The van der Waals surface area contributed by atoms with Gasteiger partial charge in [-0.1, -0.05) is 18.2 Å². The zero-order chi connectivity index (χ0) is 12.3. The lowest BCUT2D eigenvalue weighted by molar-refractivity contribution is 0.157. The number of benzene rings is 1. The Bertz CT molecular complexity index is 408. The van der Waals surface area contributed by atoms with E-state index in [-0.39, 0.29) is 12.1 Å². The highest BCUT2D eigenvalue weighted by Crippen LogP contribution is 2.24. The zero-order valence-electron chi connectivity index (χ0n) is 9.76. The van der Waals surface area contributed by atoms with Crippen molar-refractivity contribution in [3.63, 3.8) is 0 Å². The van der Waals surface area contributed by atoms with Crippen LogP contribution in [0.2, 0.25) is 0 Å². The molecule has 0 saturated carbocycles. The topological polar surface area (TPSA) is 64.8 Å². The second-order valence-electron chi connectivity index (χ2n) is 3.91. The van der Waals surface area contributed by atoms with Crippen LogP contribution in [0, 0.1) is 0 Å². The summed E-state index contributed by atoms with van der Waals surface area (Å²) >= 11 is 0. The Balaban J connectivity index is 2.08.